The van der Waals surface area contributed by atoms with E-state index >= 15 is 0 Å². The predicted octanol–water partition coefficient (Wildman–Crippen LogP) is 2.68. The highest BCUT2D eigenvalue weighted by Gasteiger charge is 2.13. The van der Waals surface area contributed by atoms with Gasteiger partial charge in [-0.25, -0.2) is 4.99 Å². The molecule has 1 aliphatic heterocycles. The van der Waals surface area contributed by atoms with Crippen molar-refractivity contribution in [3.05, 3.63) is 29.8 Å². The molecule has 0 fully saturated rings. The Hall–Kier alpha value is -1.45. The molecule has 0 saturated heterocycles. The first-order valence-electron chi connectivity index (χ1n) is 5.85. The molecule has 19 heavy (non-hydrogen) atoms. The van der Waals surface area contributed by atoms with Crippen LogP contribution in [0, 0.1) is 11.3 Å². The van der Waals surface area contributed by atoms with Gasteiger partial charge in [-0.2, -0.15) is 5.26 Å². The molecular formula is C13H13N3OS2. The molecule has 0 aliphatic carbocycles. The number of benzene rings is 1. The van der Waals surface area contributed by atoms with Gasteiger partial charge < -0.3 is 5.32 Å². The molecule has 1 aromatic carbocycles. The van der Waals surface area contributed by atoms with E-state index in [-0.39, 0.29) is 5.91 Å². The molecular weight excluding hydrogens is 278 g/mol. The van der Waals surface area contributed by atoms with E-state index in [2.05, 4.69) is 16.4 Å². The van der Waals surface area contributed by atoms with Gasteiger partial charge in [-0.05, 0) is 11.6 Å². The second-order valence-electron chi connectivity index (χ2n) is 3.84. The molecule has 4 nitrogen and oxygen atoms in total. The number of fused-ring (bicyclic) bond motifs is 1. The van der Waals surface area contributed by atoms with Crippen molar-refractivity contribution in [1.29, 1.82) is 5.26 Å². The van der Waals surface area contributed by atoms with E-state index < -0.39 is 0 Å². The largest absolute Gasteiger partial charge is 0.354 e. The maximum absolute atomic E-state index is 11.5. The molecule has 1 amide bonds. The number of hydrogen-bond acceptors (Lipinski definition) is 5. The molecule has 0 saturated carbocycles. The van der Waals surface area contributed by atoms with Crippen LogP contribution in [0.25, 0.3) is 0 Å². The van der Waals surface area contributed by atoms with E-state index in [0.717, 1.165) is 15.8 Å². The van der Waals surface area contributed by atoms with Crippen molar-refractivity contribution >= 4 is 39.5 Å². The monoisotopic (exact) mass is 291 g/mol. The fourth-order valence-corrected chi connectivity index (χ4v) is 3.41. The van der Waals surface area contributed by atoms with Gasteiger partial charge in [0, 0.05) is 12.3 Å². The molecule has 2 rings (SSSR count). The Kier molecular flexibility index (Phi) is 5.31. The molecule has 6 heteroatoms. The van der Waals surface area contributed by atoms with Crippen LogP contribution in [-0.4, -0.2) is 22.6 Å². The van der Waals surface area contributed by atoms with E-state index in [1.165, 1.54) is 17.3 Å². The molecule has 98 valence electrons. The fourth-order valence-electron chi connectivity index (χ4n) is 1.52. The van der Waals surface area contributed by atoms with Crippen LogP contribution in [0.15, 0.2) is 29.3 Å². The lowest BCUT2D eigenvalue weighted by Gasteiger charge is -2.13. The van der Waals surface area contributed by atoms with Crippen LogP contribution in [0.3, 0.4) is 0 Å². The molecule has 0 atom stereocenters. The van der Waals surface area contributed by atoms with Crippen molar-refractivity contribution in [2.75, 3.05) is 12.3 Å². The van der Waals surface area contributed by atoms with E-state index in [1.54, 1.807) is 11.8 Å². The molecule has 1 N–H and O–H groups in total. The summed E-state index contributed by atoms with van der Waals surface area (Å²) in [5, 5.41) is 11.1. The second kappa shape index (κ2) is 7.22. The molecule has 1 aromatic rings. The fraction of sp³-hybridized carbons (Fsp3) is 0.308. The number of rotatable bonds is 4. The van der Waals surface area contributed by atoms with Gasteiger partial charge in [-0.1, -0.05) is 41.7 Å². The third-order valence-corrected chi connectivity index (χ3v) is 4.69. The highest BCUT2D eigenvalue weighted by atomic mass is 32.2. The number of hydrogen-bond donors (Lipinski definition) is 1. The number of nitrogens with zero attached hydrogens (tertiary/aromatic N) is 2. The Balaban J connectivity index is 1.83. The van der Waals surface area contributed by atoms with Gasteiger partial charge in [0.05, 0.1) is 23.9 Å². The summed E-state index contributed by atoms with van der Waals surface area (Å²) in [5.74, 6) is 1.19. The van der Waals surface area contributed by atoms with Crippen LogP contribution in [0.2, 0.25) is 0 Å². The summed E-state index contributed by atoms with van der Waals surface area (Å²) in [6, 6.07) is 10.0. The van der Waals surface area contributed by atoms with Gasteiger partial charge in [0.25, 0.3) is 0 Å². The Morgan fingerprint density at radius 3 is 3.21 bits per heavy atom. The minimum atomic E-state index is -0.0533. The first-order chi connectivity index (χ1) is 9.29. The lowest BCUT2D eigenvalue weighted by molar-refractivity contribution is -0.118. The molecule has 0 unspecified atom stereocenters. The van der Waals surface area contributed by atoms with Crippen molar-refractivity contribution in [2.45, 2.75) is 12.2 Å². The van der Waals surface area contributed by atoms with Crippen LogP contribution in [0.1, 0.15) is 12.0 Å². The van der Waals surface area contributed by atoms with E-state index in [0.29, 0.717) is 18.7 Å². The van der Waals surface area contributed by atoms with Gasteiger partial charge in [-0.3, -0.25) is 4.79 Å². The maximum Gasteiger partial charge on any atom is 0.230 e. The molecule has 0 spiro atoms. The maximum atomic E-state index is 11.5. The predicted molar refractivity (Wildman–Crippen MR) is 80.5 cm³/mol. The van der Waals surface area contributed by atoms with Gasteiger partial charge in [0.1, 0.15) is 4.38 Å². The standard InChI is InChI=1S/C13H13N3OS2/c14-6-3-7-15-12(17)9-19-13-16-11-5-2-1-4-10(11)8-18-13/h1-2,4-5H,3,7-9H2,(H,15,17). The summed E-state index contributed by atoms with van der Waals surface area (Å²) < 4.78 is 0.925. The Morgan fingerprint density at radius 2 is 2.37 bits per heavy atom. The highest BCUT2D eigenvalue weighted by Crippen LogP contribution is 2.34. The van der Waals surface area contributed by atoms with Crippen molar-refractivity contribution in [3.8, 4) is 6.07 Å². The smallest absolute Gasteiger partial charge is 0.230 e. The molecule has 0 bridgehead atoms. The zero-order valence-electron chi connectivity index (χ0n) is 10.3. The normalized spacial score (nSPS) is 13.1. The number of para-hydroxylation sites is 1. The summed E-state index contributed by atoms with van der Waals surface area (Å²) in [5.41, 5.74) is 2.23. The number of aliphatic imine (C=N–C) groups is 1. The quantitative estimate of drug-likeness (QED) is 0.866. The summed E-state index contributed by atoms with van der Waals surface area (Å²) in [7, 11) is 0. The third kappa shape index (κ3) is 4.30. The first kappa shape index (κ1) is 14.0. The van der Waals surface area contributed by atoms with E-state index in [9.17, 15) is 4.79 Å². The van der Waals surface area contributed by atoms with Crippen LogP contribution in [0.4, 0.5) is 5.69 Å². The summed E-state index contributed by atoms with van der Waals surface area (Å²) in [4.78, 5) is 16.0. The lowest BCUT2D eigenvalue weighted by atomic mass is 10.2. The minimum Gasteiger partial charge on any atom is -0.354 e. The van der Waals surface area contributed by atoms with Crippen molar-refractivity contribution in [3.63, 3.8) is 0 Å². The van der Waals surface area contributed by atoms with E-state index in [1.807, 2.05) is 24.3 Å². The average Bonchev–Trinajstić information content (AvgIpc) is 2.45. The van der Waals surface area contributed by atoms with E-state index in [4.69, 9.17) is 5.26 Å². The topological polar surface area (TPSA) is 65.2 Å². The lowest BCUT2D eigenvalue weighted by Crippen LogP contribution is -2.26. The summed E-state index contributed by atoms with van der Waals surface area (Å²) >= 11 is 3.10. The Bertz CT molecular complexity index is 537. The summed E-state index contributed by atoms with van der Waals surface area (Å²) in [6.45, 7) is 0.415. The zero-order valence-corrected chi connectivity index (χ0v) is 11.9. The Morgan fingerprint density at radius 1 is 1.53 bits per heavy atom. The molecule has 1 aliphatic rings. The molecule has 1 heterocycles. The van der Waals surface area contributed by atoms with Gasteiger partial charge in [0.15, 0.2) is 0 Å². The third-order valence-electron chi connectivity index (χ3n) is 2.44. The average molecular weight is 291 g/mol. The number of thioether (sulfide) groups is 2. The van der Waals surface area contributed by atoms with Gasteiger partial charge in [0.2, 0.25) is 5.91 Å². The number of nitriles is 1. The van der Waals surface area contributed by atoms with Crippen molar-refractivity contribution < 1.29 is 4.79 Å². The first-order valence-corrected chi connectivity index (χ1v) is 7.82. The number of nitrogens with one attached hydrogen (secondary N) is 1. The molecule has 0 aromatic heterocycles. The van der Waals surface area contributed by atoms with Crippen LogP contribution in [0.5, 0.6) is 0 Å². The van der Waals surface area contributed by atoms with Crippen LogP contribution < -0.4 is 5.32 Å². The SMILES string of the molecule is N#CCCNC(=O)CSC1=Nc2ccccc2CS1. The highest BCUT2D eigenvalue weighted by molar-refractivity contribution is 8.38. The number of carbonyl (C=O) groups excluding carboxylic acids is 1. The van der Waals surface area contributed by atoms with Crippen LogP contribution >= 0.6 is 23.5 Å². The number of carbonyl (C=O) groups is 1. The van der Waals surface area contributed by atoms with Crippen molar-refractivity contribution in [1.82, 2.24) is 5.32 Å². The summed E-state index contributed by atoms with van der Waals surface area (Å²) in [6.07, 6.45) is 0.347. The Labute approximate surface area is 120 Å². The van der Waals surface area contributed by atoms with Gasteiger partial charge >= 0.3 is 0 Å². The molecule has 0 radical (unpaired) electrons. The van der Waals surface area contributed by atoms with Crippen molar-refractivity contribution in [2.24, 2.45) is 4.99 Å². The second-order valence-corrected chi connectivity index (χ2v) is 6.03. The zero-order chi connectivity index (χ0) is 13.5. The van der Waals surface area contributed by atoms with Crippen LogP contribution in [-0.2, 0) is 10.5 Å². The number of amides is 1. The minimum absolute atomic E-state index is 0.0533. The van der Waals surface area contributed by atoms with Gasteiger partial charge in [-0.15, -0.1) is 0 Å².